The van der Waals surface area contributed by atoms with E-state index >= 15 is 0 Å². The number of thiophene rings is 1. The second kappa shape index (κ2) is 9.88. The summed E-state index contributed by atoms with van der Waals surface area (Å²) < 4.78 is 37.7. The van der Waals surface area contributed by atoms with Gasteiger partial charge in [0.1, 0.15) is 15.7 Å². The van der Waals surface area contributed by atoms with E-state index in [1.807, 2.05) is 0 Å². The molecular weight excluding hydrogens is 444 g/mol. The smallest absolute Gasteiger partial charge is 0.271 e. The van der Waals surface area contributed by atoms with Gasteiger partial charge in [-0.15, -0.1) is 23.1 Å². The second-order valence-electron chi connectivity index (χ2n) is 5.97. The lowest BCUT2D eigenvalue weighted by atomic mass is 10.2. The highest BCUT2D eigenvalue weighted by molar-refractivity contribution is 8.00. The zero-order valence-electron chi connectivity index (χ0n) is 16.2. The molecule has 158 valence electrons. The molecular formula is C20H20N2O5S3. The van der Waals surface area contributed by atoms with Crippen molar-refractivity contribution in [3.63, 3.8) is 0 Å². The van der Waals surface area contributed by atoms with E-state index in [1.54, 1.807) is 67.1 Å². The van der Waals surface area contributed by atoms with E-state index in [2.05, 4.69) is 10.0 Å². The number of carbonyl (C=O) groups is 1. The predicted molar refractivity (Wildman–Crippen MR) is 120 cm³/mol. The summed E-state index contributed by atoms with van der Waals surface area (Å²) in [6.45, 7) is 0. The number of thioether (sulfide) groups is 1. The lowest BCUT2D eigenvalue weighted by molar-refractivity contribution is -0.113. The lowest BCUT2D eigenvalue weighted by Gasteiger charge is -2.12. The largest absolute Gasteiger partial charge is 0.497 e. The van der Waals surface area contributed by atoms with Crippen LogP contribution in [-0.2, 0) is 14.8 Å². The highest BCUT2D eigenvalue weighted by Gasteiger charge is 2.15. The van der Waals surface area contributed by atoms with Gasteiger partial charge >= 0.3 is 0 Å². The summed E-state index contributed by atoms with van der Waals surface area (Å²) in [6.07, 6.45) is 0. The number of methoxy groups -OCH3 is 2. The van der Waals surface area contributed by atoms with E-state index in [9.17, 15) is 13.2 Å². The molecule has 0 aliphatic carbocycles. The number of amides is 1. The molecule has 3 aromatic rings. The van der Waals surface area contributed by atoms with Crippen LogP contribution in [0.15, 0.2) is 69.1 Å². The summed E-state index contributed by atoms with van der Waals surface area (Å²) in [5.74, 6) is 1.13. The van der Waals surface area contributed by atoms with Crippen molar-refractivity contribution in [1.82, 2.24) is 0 Å². The summed E-state index contributed by atoms with van der Waals surface area (Å²) in [4.78, 5) is 13.2. The van der Waals surface area contributed by atoms with E-state index in [1.165, 1.54) is 18.9 Å². The summed E-state index contributed by atoms with van der Waals surface area (Å²) in [5, 5.41) is 4.52. The van der Waals surface area contributed by atoms with Crippen molar-refractivity contribution >= 4 is 50.4 Å². The highest BCUT2D eigenvalue weighted by atomic mass is 32.2. The van der Waals surface area contributed by atoms with Gasteiger partial charge in [-0.25, -0.2) is 8.42 Å². The molecule has 7 nitrogen and oxygen atoms in total. The lowest BCUT2D eigenvalue weighted by Crippen LogP contribution is -2.14. The number of sulfonamides is 1. The zero-order chi connectivity index (χ0) is 21.6. The molecule has 1 amide bonds. The first-order valence-electron chi connectivity index (χ1n) is 8.72. The Morgan fingerprint density at radius 2 is 1.83 bits per heavy atom. The van der Waals surface area contributed by atoms with Crippen LogP contribution in [0.5, 0.6) is 11.5 Å². The van der Waals surface area contributed by atoms with Gasteiger partial charge in [0.2, 0.25) is 5.91 Å². The van der Waals surface area contributed by atoms with E-state index in [-0.39, 0.29) is 15.9 Å². The van der Waals surface area contributed by atoms with Crippen molar-refractivity contribution in [3.8, 4) is 11.5 Å². The fourth-order valence-corrected chi connectivity index (χ4v) is 5.24. The van der Waals surface area contributed by atoms with Crippen molar-refractivity contribution in [2.45, 2.75) is 9.10 Å². The Bertz CT molecular complexity index is 1100. The Balaban J connectivity index is 1.57. The molecule has 0 saturated carbocycles. The normalized spacial score (nSPS) is 11.0. The van der Waals surface area contributed by atoms with Crippen LogP contribution in [0.1, 0.15) is 0 Å². The Morgan fingerprint density at radius 3 is 2.47 bits per heavy atom. The average Bonchev–Trinajstić information content (AvgIpc) is 3.29. The summed E-state index contributed by atoms with van der Waals surface area (Å²) in [7, 11) is -0.503. The third kappa shape index (κ3) is 5.68. The standard InChI is InChI=1S/C20H20N2O5S3/c1-26-15-7-10-18(27-2)17(12-15)21-19(23)13-29-16-8-5-14(6-9-16)22-30(24,25)20-4-3-11-28-20/h3-12,22H,13H2,1-2H3,(H,21,23). The van der Waals surface area contributed by atoms with E-state index in [0.29, 0.717) is 22.9 Å². The molecule has 0 spiro atoms. The number of hydrogen-bond acceptors (Lipinski definition) is 7. The third-order valence-corrected chi connectivity index (χ3v) is 7.71. The molecule has 0 aliphatic heterocycles. The fraction of sp³-hybridized carbons (Fsp3) is 0.150. The molecule has 0 saturated heterocycles. The average molecular weight is 465 g/mol. The second-order valence-corrected chi connectivity index (χ2v) is 9.87. The first-order valence-corrected chi connectivity index (χ1v) is 12.1. The third-order valence-electron chi connectivity index (χ3n) is 3.92. The predicted octanol–water partition coefficient (Wildman–Crippen LogP) is 4.30. The van der Waals surface area contributed by atoms with Gasteiger partial charge in [-0.05, 0) is 47.8 Å². The SMILES string of the molecule is COc1ccc(OC)c(NC(=O)CSc2ccc(NS(=O)(=O)c3cccs3)cc2)c1. The van der Waals surface area contributed by atoms with Gasteiger partial charge in [-0.2, -0.15) is 0 Å². The molecule has 0 fully saturated rings. The van der Waals surface area contributed by atoms with Crippen LogP contribution in [0.25, 0.3) is 0 Å². The molecule has 0 bridgehead atoms. The molecule has 3 rings (SSSR count). The fourth-order valence-electron chi connectivity index (χ4n) is 2.49. The molecule has 2 aromatic carbocycles. The number of anilines is 2. The van der Waals surface area contributed by atoms with Crippen molar-refractivity contribution in [3.05, 3.63) is 60.0 Å². The van der Waals surface area contributed by atoms with Crippen molar-refractivity contribution in [2.75, 3.05) is 30.0 Å². The molecule has 10 heteroatoms. The molecule has 30 heavy (non-hydrogen) atoms. The molecule has 0 unspecified atom stereocenters. The number of hydrogen-bond donors (Lipinski definition) is 2. The summed E-state index contributed by atoms with van der Waals surface area (Å²) >= 11 is 2.49. The quantitative estimate of drug-likeness (QED) is 0.459. The molecule has 0 atom stereocenters. The van der Waals surface area contributed by atoms with Gasteiger partial charge in [0, 0.05) is 16.6 Å². The Labute approximate surface area is 183 Å². The number of nitrogens with one attached hydrogen (secondary N) is 2. The zero-order valence-corrected chi connectivity index (χ0v) is 18.7. The van der Waals surface area contributed by atoms with E-state index in [4.69, 9.17) is 9.47 Å². The topological polar surface area (TPSA) is 93.7 Å². The van der Waals surface area contributed by atoms with Gasteiger partial charge in [0.25, 0.3) is 10.0 Å². The number of ether oxygens (including phenoxy) is 2. The summed E-state index contributed by atoms with van der Waals surface area (Å²) in [6, 6.07) is 15.2. The minimum Gasteiger partial charge on any atom is -0.497 e. The van der Waals surface area contributed by atoms with Crippen LogP contribution in [0, 0.1) is 0 Å². The Hall–Kier alpha value is -2.69. The number of rotatable bonds is 9. The minimum absolute atomic E-state index is 0.181. The van der Waals surface area contributed by atoms with E-state index in [0.717, 1.165) is 16.2 Å². The van der Waals surface area contributed by atoms with Gasteiger partial charge < -0.3 is 14.8 Å². The van der Waals surface area contributed by atoms with Gasteiger partial charge in [-0.3, -0.25) is 9.52 Å². The maximum Gasteiger partial charge on any atom is 0.271 e. The minimum atomic E-state index is -3.58. The summed E-state index contributed by atoms with van der Waals surface area (Å²) in [5.41, 5.74) is 0.985. The highest BCUT2D eigenvalue weighted by Crippen LogP contribution is 2.29. The Morgan fingerprint density at radius 1 is 1.07 bits per heavy atom. The van der Waals surface area contributed by atoms with Crippen LogP contribution in [0.2, 0.25) is 0 Å². The first-order chi connectivity index (χ1) is 14.4. The molecule has 1 aromatic heterocycles. The van der Waals surface area contributed by atoms with Crippen LogP contribution in [-0.4, -0.2) is 34.3 Å². The van der Waals surface area contributed by atoms with Crippen LogP contribution < -0.4 is 19.5 Å². The number of carbonyl (C=O) groups excluding carboxylic acids is 1. The van der Waals surface area contributed by atoms with Crippen LogP contribution >= 0.6 is 23.1 Å². The van der Waals surface area contributed by atoms with Crippen molar-refractivity contribution in [2.24, 2.45) is 0 Å². The van der Waals surface area contributed by atoms with E-state index < -0.39 is 10.0 Å². The Kier molecular flexibility index (Phi) is 7.24. The van der Waals surface area contributed by atoms with Gasteiger partial charge in [0.05, 0.1) is 25.7 Å². The van der Waals surface area contributed by atoms with Crippen LogP contribution in [0.3, 0.4) is 0 Å². The van der Waals surface area contributed by atoms with Crippen LogP contribution in [0.4, 0.5) is 11.4 Å². The molecule has 1 heterocycles. The maximum absolute atomic E-state index is 12.3. The molecule has 2 N–H and O–H groups in total. The first kappa shape index (κ1) is 22.0. The molecule has 0 radical (unpaired) electrons. The monoisotopic (exact) mass is 464 g/mol. The molecule has 0 aliphatic rings. The van der Waals surface area contributed by atoms with Gasteiger partial charge in [0.15, 0.2) is 0 Å². The maximum atomic E-state index is 12.3. The van der Waals surface area contributed by atoms with Gasteiger partial charge in [-0.1, -0.05) is 6.07 Å². The number of benzene rings is 2. The van der Waals surface area contributed by atoms with Crippen molar-refractivity contribution in [1.29, 1.82) is 0 Å². The van der Waals surface area contributed by atoms with Crippen molar-refractivity contribution < 1.29 is 22.7 Å².